The average molecular weight is 1380 g/mol. The van der Waals surface area contributed by atoms with E-state index in [1.165, 1.54) is 59.8 Å². The molecule has 0 radical (unpaired) electrons. The predicted octanol–water partition coefficient (Wildman–Crippen LogP) is 16.5. The minimum Gasteiger partial charge on any atom is -0.743 e. The maximum atomic E-state index is 14.1. The average Bonchev–Trinajstić information content (AvgIpc) is 1.05. The summed E-state index contributed by atoms with van der Waals surface area (Å²) in [6.45, 7) is 13.7. The summed E-state index contributed by atoms with van der Waals surface area (Å²) < 4.78 is 282. The number of benzene rings is 2. The molecule has 12 rings (SSSR count). The number of halogens is 16. The molecule has 0 aromatic heterocycles. The van der Waals surface area contributed by atoms with Crippen LogP contribution in [0.5, 0.6) is 0 Å². The molecule has 2 atom stereocenters. The lowest BCUT2D eigenvalue weighted by Gasteiger charge is -2.60. The largest absolute Gasteiger partial charge is 0.743 e. The second-order valence-corrected chi connectivity index (χ2v) is 35.9. The Bertz CT molecular complexity index is 2840. The monoisotopic (exact) mass is 1380 g/mol. The van der Waals surface area contributed by atoms with Gasteiger partial charge in [-0.3, -0.25) is 0 Å². The van der Waals surface area contributed by atoms with Crippen LogP contribution in [0.4, 0.5) is 70.2 Å². The van der Waals surface area contributed by atoms with Crippen LogP contribution in [0.3, 0.4) is 0 Å². The minimum absolute atomic E-state index is 0.0203. The molecule has 89 heavy (non-hydrogen) atoms. The normalized spacial score (nSPS) is 28.9. The Hall–Kier alpha value is -2.28. The summed E-state index contributed by atoms with van der Waals surface area (Å²) in [6, 6.07) is 18.7. The van der Waals surface area contributed by atoms with E-state index in [1.807, 2.05) is 0 Å². The van der Waals surface area contributed by atoms with Crippen molar-refractivity contribution in [3.8, 4) is 0 Å². The Morgan fingerprint density at radius 1 is 0.449 bits per heavy atom. The van der Waals surface area contributed by atoms with Crippen LogP contribution < -0.4 is 0 Å². The van der Waals surface area contributed by atoms with Gasteiger partial charge in [-0.05, 0) is 202 Å². The second kappa shape index (κ2) is 25.7. The molecule has 9 nitrogen and oxygen atoms in total. The molecule has 0 amide bonds. The Kier molecular flexibility index (Phi) is 21.4. The summed E-state index contributed by atoms with van der Waals surface area (Å²) in [6.07, 6.45) is -17.2. The number of rotatable bonds is 18. The van der Waals surface area contributed by atoms with Crippen LogP contribution in [0.25, 0.3) is 0 Å². The highest BCUT2D eigenvalue weighted by Gasteiger charge is 2.73. The molecule has 29 heteroatoms. The number of alkyl halides is 16. The zero-order valence-electron chi connectivity index (χ0n) is 50.4. The smallest absolute Gasteiger partial charge is 0.438 e. The number of ether oxygens (including phenoxy) is 2. The van der Waals surface area contributed by atoms with E-state index in [1.54, 1.807) is 9.79 Å². The third kappa shape index (κ3) is 16.9. The van der Waals surface area contributed by atoms with Crippen LogP contribution in [0.15, 0.2) is 58.3 Å². The first-order valence-corrected chi connectivity index (χ1v) is 35.8. The van der Waals surface area contributed by atoms with Crippen molar-refractivity contribution in [2.24, 2.45) is 40.4 Å². The molecule has 0 spiro atoms. The Labute approximate surface area is 516 Å². The molecule has 2 aliphatic heterocycles. The van der Waals surface area contributed by atoms with Crippen molar-refractivity contribution in [3.63, 3.8) is 0 Å². The van der Waals surface area contributed by atoms with Gasteiger partial charge in [0.05, 0.1) is 5.60 Å². The lowest BCUT2D eigenvalue weighted by molar-refractivity contribution is -0.457. The fourth-order valence-electron chi connectivity index (χ4n) is 15.4. The maximum absolute atomic E-state index is 14.1. The predicted molar refractivity (Wildman–Crippen MR) is 302 cm³/mol. The first-order chi connectivity index (χ1) is 40.3. The summed E-state index contributed by atoms with van der Waals surface area (Å²) in [5.41, 5.74) is 0.843. The quantitative estimate of drug-likeness (QED) is 0.0873. The molecule has 8 bridgehead atoms. The number of aliphatic hydroxyl groups is 1. The third-order valence-corrected chi connectivity index (χ3v) is 25.8. The molecule has 2 aromatic carbocycles. The fraction of sp³-hybridized carbons (Fsp3) is 0.800. The van der Waals surface area contributed by atoms with Crippen molar-refractivity contribution < 1.29 is 111 Å². The summed E-state index contributed by atoms with van der Waals surface area (Å²) in [5.74, 6) is -3.99. The molecule has 10 aliphatic rings. The van der Waals surface area contributed by atoms with Gasteiger partial charge in [0, 0.05) is 34.6 Å². The van der Waals surface area contributed by atoms with Gasteiger partial charge in [0.25, 0.3) is 0 Å². The van der Waals surface area contributed by atoms with E-state index in [2.05, 4.69) is 99.5 Å². The molecule has 510 valence electrons. The van der Waals surface area contributed by atoms with Gasteiger partial charge < -0.3 is 14.2 Å². The van der Waals surface area contributed by atoms with E-state index in [0.717, 1.165) is 25.7 Å². The van der Waals surface area contributed by atoms with Crippen molar-refractivity contribution in [3.05, 3.63) is 59.7 Å². The number of hydrogen-bond donors (Lipinski definition) is 1. The fourth-order valence-corrected chi connectivity index (χ4v) is 20.7. The van der Waals surface area contributed by atoms with Crippen LogP contribution in [0.1, 0.15) is 181 Å². The van der Waals surface area contributed by atoms with E-state index in [9.17, 15) is 101 Å². The van der Waals surface area contributed by atoms with E-state index in [0.29, 0.717) is 84.5 Å². The van der Waals surface area contributed by atoms with E-state index in [-0.39, 0.29) is 29.1 Å². The van der Waals surface area contributed by atoms with E-state index in [4.69, 9.17) is 0 Å². The molecular formula is C60H80F16O9S4. The van der Waals surface area contributed by atoms with Crippen molar-refractivity contribution in [1.82, 2.24) is 0 Å². The van der Waals surface area contributed by atoms with Gasteiger partial charge in [0.2, 0.25) is 0 Å². The van der Waals surface area contributed by atoms with E-state index < -0.39 is 109 Å². The zero-order valence-corrected chi connectivity index (χ0v) is 53.6. The van der Waals surface area contributed by atoms with Crippen LogP contribution >= 0.6 is 0 Å². The Balaban J connectivity index is 0.000000177. The highest BCUT2D eigenvalue weighted by atomic mass is 32.2. The zero-order chi connectivity index (χ0) is 66.9. The first-order valence-electron chi connectivity index (χ1n) is 29.9. The van der Waals surface area contributed by atoms with Crippen LogP contribution in [-0.2, 0) is 62.3 Å². The van der Waals surface area contributed by atoms with Crippen LogP contribution in [0.2, 0.25) is 0 Å². The SMILES string of the molecule is CC(C)(C)c1ccc([S+]2CCCC2)cc1.CC(C)(C)c1ccc([S+]2CCCC2)cc1.O=S(=O)([O-])C(F)(F)C(F)(F)OC(F)(F)C(F)(F)CCC12CC3CC(CC(C3)C1)C2.O=S(=O)([O-])C(F)(F)C(F)(F)OC(F)(F)C(F)(F)CCC12CC3CC(CC(O)(C3)C1)C2. The molecule has 2 unspecified atom stereocenters. The van der Waals surface area contributed by atoms with Gasteiger partial charge in [-0.2, -0.15) is 70.2 Å². The molecule has 1 N–H and O–H groups in total. The molecule has 2 saturated heterocycles. The highest BCUT2D eigenvalue weighted by molar-refractivity contribution is 7.97. The van der Waals surface area contributed by atoms with Crippen molar-refractivity contribution in [2.45, 2.75) is 243 Å². The molecule has 8 saturated carbocycles. The minimum atomic E-state index is -7.19. The third-order valence-electron chi connectivity index (χ3n) is 19.1. The van der Waals surface area contributed by atoms with Crippen LogP contribution in [-0.4, -0.2) is 106 Å². The van der Waals surface area contributed by atoms with Gasteiger partial charge in [-0.25, -0.2) is 26.3 Å². The lowest BCUT2D eigenvalue weighted by atomic mass is 9.47. The Morgan fingerprint density at radius 2 is 0.730 bits per heavy atom. The van der Waals surface area contributed by atoms with Crippen molar-refractivity contribution >= 4 is 42.0 Å². The first kappa shape index (κ1) is 74.1. The van der Waals surface area contributed by atoms with Crippen molar-refractivity contribution in [2.75, 3.05) is 23.0 Å². The van der Waals surface area contributed by atoms with Crippen molar-refractivity contribution in [1.29, 1.82) is 0 Å². The molecule has 8 aliphatic carbocycles. The van der Waals surface area contributed by atoms with Gasteiger partial charge in [-0.1, -0.05) is 65.8 Å². The molecular weight excluding hydrogens is 1300 g/mol. The van der Waals surface area contributed by atoms with Gasteiger partial charge in [0.1, 0.15) is 23.0 Å². The lowest BCUT2D eigenvalue weighted by Crippen LogP contribution is -2.57. The van der Waals surface area contributed by atoms with E-state index >= 15 is 0 Å². The second-order valence-electron chi connectivity index (χ2n) is 28.5. The maximum Gasteiger partial charge on any atom is 0.438 e. The summed E-state index contributed by atoms with van der Waals surface area (Å²) in [5, 5.41) is -2.80. The molecule has 2 aromatic rings. The topological polar surface area (TPSA) is 153 Å². The highest BCUT2D eigenvalue weighted by Crippen LogP contribution is 2.65. The van der Waals surface area contributed by atoms with Crippen LogP contribution in [0, 0.1) is 40.4 Å². The Morgan fingerprint density at radius 3 is 1.01 bits per heavy atom. The molecule has 10 fully saturated rings. The standard InChI is InChI=1S/C16H20F8O5S.C16H20F8O4S.2C14H21S/c17-13(18,14(19,20)29-15(21,22)16(23,24)30(26,27)28)2-1-11-4-9-3-10(5-11)7-12(25,6-9)8-11;17-13(18,14(19,20)28-15(21,22)16(23,24)29(25,26)27)2-1-12-6-9-3-10(7-12)5-11(4-9)8-12;2*1-14(2,3)12-6-8-13(9-7-12)15-10-4-5-11-15/h9-10,25H,1-8H2,(H,26,27,28);9-11H,1-8H2,(H,25,26,27);2*6-9H,4-5,10-11H2,1-3H3/q;;2*+1/p-2. The van der Waals surface area contributed by atoms with Gasteiger partial charge in [0.15, 0.2) is 30.0 Å². The summed E-state index contributed by atoms with van der Waals surface area (Å²) in [7, 11) is -13.2. The summed E-state index contributed by atoms with van der Waals surface area (Å²) in [4.78, 5) is 3.17. The number of hydrogen-bond acceptors (Lipinski definition) is 9. The van der Waals surface area contributed by atoms with Gasteiger partial charge in [-0.15, -0.1) is 0 Å². The van der Waals surface area contributed by atoms with Gasteiger partial charge >= 0.3 is 46.8 Å². The molecule has 2 heterocycles. The summed E-state index contributed by atoms with van der Waals surface area (Å²) >= 11 is 0.